The Morgan fingerprint density at radius 2 is 2.38 bits per heavy atom. The number of aromatic nitrogens is 3. The quantitative estimate of drug-likeness (QED) is 0.704. The van der Waals surface area contributed by atoms with E-state index in [1.807, 2.05) is 6.92 Å². The van der Waals surface area contributed by atoms with Crippen molar-refractivity contribution in [3.63, 3.8) is 0 Å². The van der Waals surface area contributed by atoms with E-state index in [1.54, 1.807) is 15.9 Å². The van der Waals surface area contributed by atoms with Crippen molar-refractivity contribution in [1.29, 1.82) is 0 Å². The van der Waals surface area contributed by atoms with Gasteiger partial charge in [0.15, 0.2) is 0 Å². The topological polar surface area (TPSA) is 71.2 Å². The van der Waals surface area contributed by atoms with Crippen molar-refractivity contribution in [2.45, 2.75) is 26.3 Å². The molecule has 6 nitrogen and oxygen atoms in total. The van der Waals surface area contributed by atoms with Gasteiger partial charge >= 0.3 is 0 Å². The van der Waals surface area contributed by atoms with E-state index in [0.717, 1.165) is 0 Å². The number of rotatable bonds is 7. The van der Waals surface area contributed by atoms with Crippen molar-refractivity contribution in [2.75, 3.05) is 19.7 Å². The van der Waals surface area contributed by atoms with Gasteiger partial charge in [0.1, 0.15) is 12.7 Å². The van der Waals surface area contributed by atoms with Crippen LogP contribution in [0.5, 0.6) is 0 Å². The van der Waals surface area contributed by atoms with Crippen molar-refractivity contribution in [2.24, 2.45) is 0 Å². The number of carbonyl (C=O) groups excluding carboxylic acids is 1. The summed E-state index contributed by atoms with van der Waals surface area (Å²) in [7, 11) is 0. The SMILES string of the molecule is CCN(CCCO)C(=O)CCn1cncn1. The van der Waals surface area contributed by atoms with Crippen LogP contribution in [0.15, 0.2) is 12.7 Å². The van der Waals surface area contributed by atoms with Crippen LogP contribution in [0.1, 0.15) is 19.8 Å². The second kappa shape index (κ2) is 6.95. The molecule has 1 heterocycles. The van der Waals surface area contributed by atoms with Crippen LogP contribution < -0.4 is 0 Å². The normalized spacial score (nSPS) is 10.4. The zero-order valence-corrected chi connectivity index (χ0v) is 9.54. The molecule has 0 unspecified atom stereocenters. The van der Waals surface area contributed by atoms with E-state index in [-0.39, 0.29) is 12.5 Å². The number of aliphatic hydroxyl groups is 1. The first-order chi connectivity index (χ1) is 7.77. The number of hydrogen-bond donors (Lipinski definition) is 1. The molecular weight excluding hydrogens is 208 g/mol. The van der Waals surface area contributed by atoms with E-state index >= 15 is 0 Å². The van der Waals surface area contributed by atoms with Crippen LogP contribution in [0.2, 0.25) is 0 Å². The zero-order chi connectivity index (χ0) is 11.8. The molecule has 0 saturated carbocycles. The molecule has 1 amide bonds. The van der Waals surface area contributed by atoms with Gasteiger partial charge in [-0.15, -0.1) is 0 Å². The average molecular weight is 226 g/mol. The van der Waals surface area contributed by atoms with Gasteiger partial charge in [0.05, 0.1) is 6.54 Å². The molecule has 16 heavy (non-hydrogen) atoms. The highest BCUT2D eigenvalue weighted by Gasteiger charge is 2.10. The molecule has 0 aliphatic heterocycles. The van der Waals surface area contributed by atoms with Gasteiger partial charge in [-0.3, -0.25) is 9.48 Å². The molecular formula is C10H18N4O2. The molecule has 1 N–H and O–H groups in total. The first-order valence-electron chi connectivity index (χ1n) is 5.49. The fourth-order valence-corrected chi connectivity index (χ4v) is 1.44. The lowest BCUT2D eigenvalue weighted by atomic mass is 10.3. The fraction of sp³-hybridized carbons (Fsp3) is 0.700. The third-order valence-electron chi connectivity index (χ3n) is 2.34. The highest BCUT2D eigenvalue weighted by Crippen LogP contribution is 1.98. The number of nitrogens with zero attached hydrogens (tertiary/aromatic N) is 4. The maximum atomic E-state index is 11.8. The van der Waals surface area contributed by atoms with Gasteiger partial charge in [-0.2, -0.15) is 5.10 Å². The Morgan fingerprint density at radius 1 is 1.56 bits per heavy atom. The summed E-state index contributed by atoms with van der Waals surface area (Å²) in [5, 5.41) is 12.6. The summed E-state index contributed by atoms with van der Waals surface area (Å²) >= 11 is 0. The van der Waals surface area contributed by atoms with Gasteiger partial charge in [-0.25, -0.2) is 4.98 Å². The molecule has 0 atom stereocenters. The molecule has 0 saturated heterocycles. The maximum Gasteiger partial charge on any atom is 0.224 e. The molecule has 1 aromatic rings. The zero-order valence-electron chi connectivity index (χ0n) is 9.54. The van der Waals surface area contributed by atoms with E-state index in [9.17, 15) is 4.79 Å². The highest BCUT2D eigenvalue weighted by atomic mass is 16.3. The van der Waals surface area contributed by atoms with Gasteiger partial charge in [-0.05, 0) is 13.3 Å². The largest absolute Gasteiger partial charge is 0.396 e. The van der Waals surface area contributed by atoms with Gasteiger partial charge in [0.2, 0.25) is 5.91 Å². The molecule has 90 valence electrons. The van der Waals surface area contributed by atoms with Crippen LogP contribution in [0.3, 0.4) is 0 Å². The fourth-order valence-electron chi connectivity index (χ4n) is 1.44. The second-order valence-electron chi connectivity index (χ2n) is 3.46. The third-order valence-corrected chi connectivity index (χ3v) is 2.34. The molecule has 0 bridgehead atoms. The van der Waals surface area contributed by atoms with Gasteiger partial charge in [0.25, 0.3) is 0 Å². The van der Waals surface area contributed by atoms with Crippen LogP contribution in [0.4, 0.5) is 0 Å². The number of aryl methyl sites for hydroxylation is 1. The molecule has 0 radical (unpaired) electrons. The van der Waals surface area contributed by atoms with Crippen LogP contribution in [-0.4, -0.2) is 50.4 Å². The van der Waals surface area contributed by atoms with E-state index in [1.165, 1.54) is 6.33 Å². The molecule has 1 rings (SSSR count). The van der Waals surface area contributed by atoms with Crippen LogP contribution >= 0.6 is 0 Å². The van der Waals surface area contributed by atoms with Gasteiger partial charge in [0, 0.05) is 26.1 Å². The minimum absolute atomic E-state index is 0.0893. The summed E-state index contributed by atoms with van der Waals surface area (Å²) in [5.74, 6) is 0.0893. The van der Waals surface area contributed by atoms with Gasteiger partial charge in [-0.1, -0.05) is 0 Å². The third kappa shape index (κ3) is 3.98. The minimum atomic E-state index is 0.0893. The lowest BCUT2D eigenvalue weighted by Crippen LogP contribution is -2.32. The Kier molecular flexibility index (Phi) is 5.49. The summed E-state index contributed by atoms with van der Waals surface area (Å²) < 4.78 is 1.64. The Labute approximate surface area is 94.9 Å². The van der Waals surface area contributed by atoms with Gasteiger partial charge < -0.3 is 10.0 Å². The number of aliphatic hydroxyl groups excluding tert-OH is 1. The molecule has 6 heteroatoms. The molecule has 0 fully saturated rings. The molecule has 0 spiro atoms. The Bertz CT molecular complexity index is 300. The number of hydrogen-bond acceptors (Lipinski definition) is 4. The summed E-state index contributed by atoms with van der Waals surface area (Å²) in [5.41, 5.74) is 0. The summed E-state index contributed by atoms with van der Waals surface area (Å²) in [4.78, 5) is 17.3. The van der Waals surface area contributed by atoms with Crippen LogP contribution in [-0.2, 0) is 11.3 Å². The van der Waals surface area contributed by atoms with E-state index in [4.69, 9.17) is 5.11 Å². The molecule has 1 aromatic heterocycles. The predicted molar refractivity (Wildman–Crippen MR) is 58.6 cm³/mol. The summed E-state index contributed by atoms with van der Waals surface area (Å²) in [6.07, 6.45) is 4.09. The maximum absolute atomic E-state index is 11.8. The van der Waals surface area contributed by atoms with E-state index in [0.29, 0.717) is 32.5 Å². The second-order valence-corrected chi connectivity index (χ2v) is 3.46. The van der Waals surface area contributed by atoms with Crippen LogP contribution in [0.25, 0.3) is 0 Å². The monoisotopic (exact) mass is 226 g/mol. The number of carbonyl (C=O) groups is 1. The molecule has 0 aromatic carbocycles. The van der Waals surface area contributed by atoms with Crippen molar-refractivity contribution >= 4 is 5.91 Å². The van der Waals surface area contributed by atoms with Crippen molar-refractivity contribution in [3.05, 3.63) is 12.7 Å². The van der Waals surface area contributed by atoms with E-state index in [2.05, 4.69) is 10.1 Å². The Balaban J connectivity index is 2.31. The predicted octanol–water partition coefficient (Wildman–Crippen LogP) is -0.101. The molecule has 0 aliphatic carbocycles. The standard InChI is InChI=1S/C10H18N4O2/c1-2-13(5-3-7-15)10(16)4-6-14-9-11-8-12-14/h8-9,15H,2-7H2,1H3. The lowest BCUT2D eigenvalue weighted by Gasteiger charge is -2.20. The summed E-state index contributed by atoms with van der Waals surface area (Å²) in [6, 6.07) is 0. The Morgan fingerprint density at radius 3 is 2.94 bits per heavy atom. The van der Waals surface area contributed by atoms with E-state index < -0.39 is 0 Å². The smallest absolute Gasteiger partial charge is 0.224 e. The first-order valence-corrected chi connectivity index (χ1v) is 5.49. The Hall–Kier alpha value is -1.43. The van der Waals surface area contributed by atoms with Crippen LogP contribution in [0, 0.1) is 0 Å². The first kappa shape index (κ1) is 12.6. The van der Waals surface area contributed by atoms with Crippen molar-refractivity contribution in [3.8, 4) is 0 Å². The van der Waals surface area contributed by atoms with Crippen molar-refractivity contribution in [1.82, 2.24) is 19.7 Å². The lowest BCUT2D eigenvalue weighted by molar-refractivity contribution is -0.131. The minimum Gasteiger partial charge on any atom is -0.396 e. The average Bonchev–Trinajstić information content (AvgIpc) is 2.80. The number of amides is 1. The highest BCUT2D eigenvalue weighted by molar-refractivity contribution is 5.76. The van der Waals surface area contributed by atoms with Crippen molar-refractivity contribution < 1.29 is 9.90 Å². The summed E-state index contributed by atoms with van der Waals surface area (Å²) in [6.45, 7) is 3.89. The molecule has 0 aliphatic rings.